The van der Waals surface area contributed by atoms with Gasteiger partial charge < -0.3 is 19.6 Å². The Labute approximate surface area is 186 Å². The molecule has 9 heteroatoms. The van der Waals surface area contributed by atoms with Crippen LogP contribution in [0.3, 0.4) is 0 Å². The predicted octanol–water partition coefficient (Wildman–Crippen LogP) is 3.42. The summed E-state index contributed by atoms with van der Waals surface area (Å²) in [5, 5.41) is 21.2. The van der Waals surface area contributed by atoms with Crippen molar-refractivity contribution in [2.24, 2.45) is 11.8 Å². The number of hydrogen-bond donors (Lipinski definition) is 2. The number of carboxylic acid groups (broad SMARTS) is 1. The number of rotatable bonds is 6. The molecule has 4 atom stereocenters. The topological polar surface area (TPSA) is 117 Å². The summed E-state index contributed by atoms with van der Waals surface area (Å²) in [6, 6.07) is 7.69. The Morgan fingerprint density at radius 3 is 2.55 bits per heavy atom. The lowest BCUT2D eigenvalue weighted by atomic mass is 10.0. The van der Waals surface area contributed by atoms with Gasteiger partial charge in [0.05, 0.1) is 11.1 Å². The van der Waals surface area contributed by atoms with Crippen molar-refractivity contribution in [1.29, 1.82) is 0 Å². The summed E-state index contributed by atoms with van der Waals surface area (Å²) >= 11 is 6.17. The van der Waals surface area contributed by atoms with E-state index in [9.17, 15) is 9.90 Å². The molecule has 1 heterocycles. The summed E-state index contributed by atoms with van der Waals surface area (Å²) in [5.41, 5.74) is 0.742. The predicted molar refractivity (Wildman–Crippen MR) is 114 cm³/mol. The zero-order chi connectivity index (χ0) is 22.4. The SMILES string of the molecule is CN(C(=O)CCCc1nc(-c2ccccc2Cl)no1)C1C[C@H]2CC(O)C[C@H]2C1.O=CO. The van der Waals surface area contributed by atoms with Crippen molar-refractivity contribution >= 4 is 24.0 Å². The van der Waals surface area contributed by atoms with Crippen molar-refractivity contribution in [3.63, 3.8) is 0 Å². The summed E-state index contributed by atoms with van der Waals surface area (Å²) in [6.45, 7) is -0.250. The Bertz CT molecular complexity index is 876. The molecule has 168 valence electrons. The van der Waals surface area contributed by atoms with Crippen LogP contribution in [-0.2, 0) is 16.0 Å². The van der Waals surface area contributed by atoms with Gasteiger partial charge in [0, 0.05) is 31.5 Å². The number of carbonyl (C=O) groups excluding carboxylic acids is 1. The Morgan fingerprint density at radius 2 is 1.90 bits per heavy atom. The molecule has 1 aromatic carbocycles. The zero-order valence-corrected chi connectivity index (χ0v) is 18.2. The largest absolute Gasteiger partial charge is 0.483 e. The van der Waals surface area contributed by atoms with Crippen molar-refractivity contribution in [3.05, 3.63) is 35.2 Å². The monoisotopic (exact) mass is 449 g/mol. The van der Waals surface area contributed by atoms with E-state index in [2.05, 4.69) is 10.1 Å². The van der Waals surface area contributed by atoms with Gasteiger partial charge in [-0.3, -0.25) is 9.59 Å². The molecule has 1 aromatic heterocycles. The van der Waals surface area contributed by atoms with Gasteiger partial charge in [-0.1, -0.05) is 28.9 Å². The highest BCUT2D eigenvalue weighted by Gasteiger charge is 2.42. The van der Waals surface area contributed by atoms with Crippen molar-refractivity contribution in [3.8, 4) is 11.4 Å². The number of aliphatic hydroxyl groups is 1. The number of halogens is 1. The van der Waals surface area contributed by atoms with Gasteiger partial charge in [-0.15, -0.1) is 0 Å². The molecule has 1 amide bonds. The van der Waals surface area contributed by atoms with E-state index in [1.807, 2.05) is 30.1 Å². The van der Waals surface area contributed by atoms with Crippen LogP contribution in [0.4, 0.5) is 0 Å². The lowest BCUT2D eigenvalue weighted by Gasteiger charge is -2.25. The summed E-state index contributed by atoms with van der Waals surface area (Å²) in [5.74, 6) is 2.32. The molecule has 2 aromatic rings. The molecular weight excluding hydrogens is 422 g/mol. The average Bonchev–Trinajstić information content (AvgIpc) is 3.43. The third kappa shape index (κ3) is 5.83. The first-order valence-corrected chi connectivity index (χ1v) is 10.9. The zero-order valence-electron chi connectivity index (χ0n) is 17.5. The molecule has 2 aliphatic carbocycles. The Hall–Kier alpha value is -2.45. The summed E-state index contributed by atoms with van der Waals surface area (Å²) in [6.07, 6.45) is 5.41. The first-order valence-electron chi connectivity index (χ1n) is 10.5. The molecule has 0 aliphatic heterocycles. The quantitative estimate of drug-likeness (QED) is 0.649. The molecule has 31 heavy (non-hydrogen) atoms. The molecule has 0 bridgehead atoms. The Kier molecular flexibility index (Phi) is 8.03. The van der Waals surface area contributed by atoms with Crippen LogP contribution >= 0.6 is 11.6 Å². The fourth-order valence-corrected chi connectivity index (χ4v) is 4.97. The Morgan fingerprint density at radius 1 is 1.26 bits per heavy atom. The highest BCUT2D eigenvalue weighted by molar-refractivity contribution is 6.33. The normalized spacial score (nSPS) is 24.2. The number of amides is 1. The van der Waals surface area contributed by atoms with Gasteiger partial charge in [-0.2, -0.15) is 4.98 Å². The maximum Gasteiger partial charge on any atom is 0.290 e. The molecule has 4 rings (SSSR count). The Balaban J connectivity index is 0.000000858. The molecular formula is C22H28ClN3O5. The fourth-order valence-electron chi connectivity index (χ4n) is 4.75. The minimum atomic E-state index is -0.250. The third-order valence-electron chi connectivity index (χ3n) is 6.27. The van der Waals surface area contributed by atoms with E-state index in [0.29, 0.717) is 53.9 Å². The molecule has 0 radical (unpaired) electrons. The van der Waals surface area contributed by atoms with E-state index in [-0.39, 0.29) is 18.5 Å². The van der Waals surface area contributed by atoms with E-state index < -0.39 is 0 Å². The maximum atomic E-state index is 12.6. The van der Waals surface area contributed by atoms with E-state index in [0.717, 1.165) is 31.2 Å². The highest BCUT2D eigenvalue weighted by atomic mass is 35.5. The van der Waals surface area contributed by atoms with Crippen LogP contribution in [0.2, 0.25) is 5.02 Å². The van der Waals surface area contributed by atoms with Gasteiger partial charge in [0.25, 0.3) is 6.47 Å². The number of aryl methyl sites for hydroxylation is 1. The fraction of sp³-hybridized carbons (Fsp3) is 0.545. The van der Waals surface area contributed by atoms with E-state index in [1.54, 1.807) is 6.07 Å². The van der Waals surface area contributed by atoms with Gasteiger partial charge in [-0.25, -0.2) is 0 Å². The van der Waals surface area contributed by atoms with Crippen molar-refractivity contribution < 1.29 is 24.3 Å². The number of aliphatic hydroxyl groups excluding tert-OH is 1. The van der Waals surface area contributed by atoms with Crippen molar-refractivity contribution in [1.82, 2.24) is 15.0 Å². The lowest BCUT2D eigenvalue weighted by Crippen LogP contribution is -2.35. The van der Waals surface area contributed by atoms with Crippen molar-refractivity contribution in [2.75, 3.05) is 7.05 Å². The number of benzene rings is 1. The van der Waals surface area contributed by atoms with Crippen LogP contribution in [-0.4, -0.2) is 56.8 Å². The molecule has 2 aliphatic rings. The number of hydrogen-bond acceptors (Lipinski definition) is 6. The molecule has 2 unspecified atom stereocenters. The second kappa shape index (κ2) is 10.7. The minimum Gasteiger partial charge on any atom is -0.483 e. The van der Waals surface area contributed by atoms with Crippen LogP contribution in [0.25, 0.3) is 11.4 Å². The molecule has 8 nitrogen and oxygen atoms in total. The average molecular weight is 450 g/mol. The molecule has 0 saturated heterocycles. The van der Waals surface area contributed by atoms with E-state index >= 15 is 0 Å². The molecule has 2 fully saturated rings. The third-order valence-corrected chi connectivity index (χ3v) is 6.60. The first-order chi connectivity index (χ1) is 14.9. The number of fused-ring (bicyclic) bond motifs is 1. The number of carbonyl (C=O) groups is 2. The number of nitrogens with zero attached hydrogens (tertiary/aromatic N) is 3. The second-order valence-electron chi connectivity index (χ2n) is 8.23. The van der Waals surface area contributed by atoms with Gasteiger partial charge in [-0.05, 0) is 56.1 Å². The summed E-state index contributed by atoms with van der Waals surface area (Å²) in [4.78, 5) is 27.2. The standard InChI is InChI=1S/C21H26ClN3O3.CH2O2/c1-25(15-9-13-11-16(26)12-14(13)10-15)20(27)8-4-7-19-23-21(24-28-19)17-5-2-3-6-18(17)22;2-1-3/h2-3,5-6,13-16,26H,4,7-12H2,1H3;1H,(H,2,3)/t13-,14+,15?,16?;. The molecule has 0 spiro atoms. The van der Waals surface area contributed by atoms with Crippen molar-refractivity contribution in [2.45, 2.75) is 57.1 Å². The van der Waals surface area contributed by atoms with E-state index in [1.165, 1.54) is 0 Å². The van der Waals surface area contributed by atoms with Gasteiger partial charge >= 0.3 is 0 Å². The van der Waals surface area contributed by atoms with E-state index in [4.69, 9.17) is 26.0 Å². The minimum absolute atomic E-state index is 0.137. The van der Waals surface area contributed by atoms with Gasteiger partial charge in [0.15, 0.2) is 0 Å². The van der Waals surface area contributed by atoms with Crippen LogP contribution in [0, 0.1) is 11.8 Å². The molecule has 2 N–H and O–H groups in total. The van der Waals surface area contributed by atoms with Crippen LogP contribution in [0.1, 0.15) is 44.4 Å². The lowest BCUT2D eigenvalue weighted by molar-refractivity contribution is -0.132. The van der Waals surface area contributed by atoms with Crippen LogP contribution in [0.5, 0.6) is 0 Å². The van der Waals surface area contributed by atoms with Gasteiger partial charge in [0.1, 0.15) is 0 Å². The summed E-state index contributed by atoms with van der Waals surface area (Å²) in [7, 11) is 1.91. The van der Waals surface area contributed by atoms with Gasteiger partial charge in [0.2, 0.25) is 17.6 Å². The smallest absolute Gasteiger partial charge is 0.290 e. The summed E-state index contributed by atoms with van der Waals surface area (Å²) < 4.78 is 5.31. The number of aromatic nitrogens is 2. The molecule has 2 saturated carbocycles. The maximum absolute atomic E-state index is 12.6. The van der Waals surface area contributed by atoms with Crippen LogP contribution in [0.15, 0.2) is 28.8 Å². The first kappa shape index (κ1) is 23.2. The van der Waals surface area contributed by atoms with Crippen LogP contribution < -0.4 is 0 Å². The second-order valence-corrected chi connectivity index (χ2v) is 8.63. The highest BCUT2D eigenvalue weighted by Crippen LogP contribution is 2.45.